The lowest BCUT2D eigenvalue weighted by Crippen LogP contribution is -2.16. The van der Waals surface area contributed by atoms with Crippen LogP contribution in [0.15, 0.2) is 27.4 Å². The van der Waals surface area contributed by atoms with Crippen molar-refractivity contribution in [3.05, 3.63) is 34.1 Å². The first-order valence-electron chi connectivity index (χ1n) is 5.25. The molecule has 17 heavy (non-hydrogen) atoms. The predicted molar refractivity (Wildman–Crippen MR) is 71.0 cm³/mol. The molecule has 1 heterocycles. The number of hydrogen-bond acceptors (Lipinski definition) is 4. The van der Waals surface area contributed by atoms with E-state index in [9.17, 15) is 4.79 Å². The lowest BCUT2D eigenvalue weighted by Gasteiger charge is -2.08. The van der Waals surface area contributed by atoms with Crippen LogP contribution >= 0.6 is 12.4 Å². The van der Waals surface area contributed by atoms with Crippen LogP contribution in [0, 0.1) is 6.92 Å². The van der Waals surface area contributed by atoms with Crippen LogP contribution in [0.3, 0.4) is 0 Å². The second-order valence-corrected chi connectivity index (χ2v) is 4.07. The fourth-order valence-corrected chi connectivity index (χ4v) is 1.58. The highest BCUT2D eigenvalue weighted by Gasteiger charge is 2.08. The van der Waals surface area contributed by atoms with E-state index in [-0.39, 0.29) is 30.0 Å². The van der Waals surface area contributed by atoms with Gasteiger partial charge in [-0.2, -0.15) is 4.98 Å². The normalized spacial score (nSPS) is 10.4. The summed E-state index contributed by atoms with van der Waals surface area (Å²) >= 11 is 0. The minimum atomic E-state index is -0.248. The Hall–Kier alpha value is -1.55. The van der Waals surface area contributed by atoms with Crippen LogP contribution in [-0.2, 0) is 0 Å². The van der Waals surface area contributed by atoms with Crippen LogP contribution in [-0.4, -0.2) is 11.0 Å². The third kappa shape index (κ3) is 2.77. The smallest absolute Gasteiger partial charge is 0.298 e. The quantitative estimate of drug-likeness (QED) is 0.895. The van der Waals surface area contributed by atoms with E-state index in [1.807, 2.05) is 32.9 Å². The molecule has 0 spiro atoms. The van der Waals surface area contributed by atoms with Gasteiger partial charge in [-0.05, 0) is 32.4 Å². The number of nitrogens with one attached hydrogen (secondary N) is 1. The SMILES string of the molecule is Cc1cccc2oc(NC(C)C)nc(=O)c12.Cl. The highest BCUT2D eigenvalue weighted by atomic mass is 35.5. The van der Waals surface area contributed by atoms with Crippen LogP contribution in [0.4, 0.5) is 6.01 Å². The van der Waals surface area contributed by atoms with E-state index in [0.29, 0.717) is 11.0 Å². The van der Waals surface area contributed by atoms with E-state index in [1.165, 1.54) is 0 Å². The van der Waals surface area contributed by atoms with E-state index >= 15 is 0 Å². The minimum Gasteiger partial charge on any atom is -0.425 e. The van der Waals surface area contributed by atoms with Gasteiger partial charge in [-0.1, -0.05) is 12.1 Å². The van der Waals surface area contributed by atoms with Crippen LogP contribution in [0.5, 0.6) is 0 Å². The zero-order valence-electron chi connectivity index (χ0n) is 9.98. The second-order valence-electron chi connectivity index (χ2n) is 4.07. The predicted octanol–water partition coefficient (Wildman–Crippen LogP) is 2.74. The summed E-state index contributed by atoms with van der Waals surface area (Å²) in [6, 6.07) is 5.96. The largest absolute Gasteiger partial charge is 0.425 e. The number of nitrogens with zero attached hydrogens (tertiary/aromatic N) is 1. The number of aryl methyl sites for hydroxylation is 1. The fourth-order valence-electron chi connectivity index (χ4n) is 1.58. The molecule has 0 fully saturated rings. The van der Waals surface area contributed by atoms with Gasteiger partial charge in [0.05, 0.1) is 5.39 Å². The van der Waals surface area contributed by atoms with E-state index in [0.717, 1.165) is 5.56 Å². The van der Waals surface area contributed by atoms with Gasteiger partial charge in [-0.3, -0.25) is 4.79 Å². The van der Waals surface area contributed by atoms with Crippen molar-refractivity contribution < 1.29 is 4.42 Å². The molecule has 0 atom stereocenters. The Bertz CT molecular complexity index is 578. The molecule has 0 aliphatic rings. The highest BCUT2D eigenvalue weighted by Crippen LogP contribution is 2.16. The molecule has 0 aliphatic heterocycles. The Labute approximate surface area is 105 Å². The number of benzene rings is 1. The first-order valence-corrected chi connectivity index (χ1v) is 5.25. The van der Waals surface area contributed by atoms with Crippen molar-refractivity contribution in [2.45, 2.75) is 26.8 Å². The maximum Gasteiger partial charge on any atom is 0.298 e. The first kappa shape index (κ1) is 13.5. The summed E-state index contributed by atoms with van der Waals surface area (Å²) in [5, 5.41) is 3.53. The van der Waals surface area contributed by atoms with Crippen molar-refractivity contribution in [2.75, 3.05) is 5.32 Å². The summed E-state index contributed by atoms with van der Waals surface area (Å²) in [6.07, 6.45) is 0. The number of halogens is 1. The van der Waals surface area contributed by atoms with Gasteiger partial charge < -0.3 is 9.73 Å². The van der Waals surface area contributed by atoms with Crippen LogP contribution in [0.25, 0.3) is 11.0 Å². The summed E-state index contributed by atoms with van der Waals surface area (Å²) in [4.78, 5) is 15.7. The third-order valence-corrected chi connectivity index (χ3v) is 2.27. The lowest BCUT2D eigenvalue weighted by atomic mass is 10.1. The van der Waals surface area contributed by atoms with Crippen LogP contribution in [0.1, 0.15) is 19.4 Å². The maximum absolute atomic E-state index is 11.8. The fraction of sp³-hybridized carbons (Fsp3) is 0.333. The molecule has 4 nitrogen and oxygen atoms in total. The topological polar surface area (TPSA) is 55.1 Å². The molecule has 1 N–H and O–H groups in total. The molecule has 0 bridgehead atoms. The molecular formula is C12H15ClN2O2. The molecule has 2 aromatic rings. The molecule has 92 valence electrons. The van der Waals surface area contributed by atoms with E-state index in [4.69, 9.17) is 4.42 Å². The van der Waals surface area contributed by atoms with Crippen molar-refractivity contribution in [1.82, 2.24) is 4.98 Å². The van der Waals surface area contributed by atoms with Crippen LogP contribution in [0.2, 0.25) is 0 Å². The van der Waals surface area contributed by atoms with Crippen molar-refractivity contribution >= 4 is 29.4 Å². The summed E-state index contributed by atoms with van der Waals surface area (Å²) < 4.78 is 5.51. The van der Waals surface area contributed by atoms with Gasteiger partial charge in [-0.25, -0.2) is 0 Å². The summed E-state index contributed by atoms with van der Waals surface area (Å²) in [5.41, 5.74) is 1.21. The summed E-state index contributed by atoms with van der Waals surface area (Å²) in [7, 11) is 0. The third-order valence-electron chi connectivity index (χ3n) is 2.27. The first-order chi connectivity index (χ1) is 7.58. The summed E-state index contributed by atoms with van der Waals surface area (Å²) in [6.45, 7) is 5.79. The minimum absolute atomic E-state index is 0. The van der Waals surface area contributed by atoms with E-state index in [1.54, 1.807) is 6.07 Å². The second kappa shape index (κ2) is 5.19. The van der Waals surface area contributed by atoms with Crippen molar-refractivity contribution in [3.63, 3.8) is 0 Å². The Morgan fingerprint density at radius 1 is 1.35 bits per heavy atom. The molecule has 1 aromatic carbocycles. The Morgan fingerprint density at radius 2 is 2.06 bits per heavy atom. The molecule has 0 amide bonds. The average molecular weight is 255 g/mol. The molecule has 0 radical (unpaired) electrons. The molecule has 2 rings (SSSR count). The molecule has 0 aliphatic carbocycles. The molecular weight excluding hydrogens is 240 g/mol. The van der Waals surface area contributed by atoms with Gasteiger partial charge in [0.2, 0.25) is 0 Å². The van der Waals surface area contributed by atoms with Gasteiger partial charge in [-0.15, -0.1) is 12.4 Å². The van der Waals surface area contributed by atoms with Gasteiger partial charge in [0, 0.05) is 6.04 Å². The Balaban J connectivity index is 0.00000144. The Kier molecular flexibility index (Phi) is 4.12. The van der Waals surface area contributed by atoms with E-state index < -0.39 is 0 Å². The molecule has 0 saturated carbocycles. The monoisotopic (exact) mass is 254 g/mol. The molecule has 5 heteroatoms. The zero-order chi connectivity index (χ0) is 11.7. The molecule has 0 unspecified atom stereocenters. The number of fused-ring (bicyclic) bond motifs is 1. The van der Waals surface area contributed by atoms with Gasteiger partial charge in [0.15, 0.2) is 0 Å². The maximum atomic E-state index is 11.8. The van der Waals surface area contributed by atoms with Gasteiger partial charge in [0.25, 0.3) is 11.6 Å². The van der Waals surface area contributed by atoms with Gasteiger partial charge in [0.1, 0.15) is 5.58 Å². The number of rotatable bonds is 2. The number of hydrogen-bond donors (Lipinski definition) is 1. The molecule has 1 aromatic heterocycles. The average Bonchev–Trinajstić information content (AvgIpc) is 2.15. The van der Waals surface area contributed by atoms with Crippen molar-refractivity contribution in [3.8, 4) is 0 Å². The van der Waals surface area contributed by atoms with Gasteiger partial charge >= 0.3 is 0 Å². The lowest BCUT2D eigenvalue weighted by molar-refractivity contribution is 0.582. The summed E-state index contributed by atoms with van der Waals surface area (Å²) in [5.74, 6) is 0. The standard InChI is InChI=1S/C12H14N2O2.ClH/c1-7(2)13-12-14-11(15)10-8(3)5-4-6-9(10)16-12;/h4-7H,1-3H3,(H,13,14,15);1H. The van der Waals surface area contributed by atoms with Crippen molar-refractivity contribution in [1.29, 1.82) is 0 Å². The highest BCUT2D eigenvalue weighted by molar-refractivity contribution is 5.85. The van der Waals surface area contributed by atoms with Crippen molar-refractivity contribution in [2.24, 2.45) is 0 Å². The number of aromatic nitrogens is 1. The van der Waals surface area contributed by atoms with E-state index in [2.05, 4.69) is 10.3 Å². The Morgan fingerprint density at radius 3 is 2.71 bits per heavy atom. The zero-order valence-corrected chi connectivity index (χ0v) is 10.8. The number of anilines is 1. The molecule has 0 saturated heterocycles. The van der Waals surface area contributed by atoms with Crippen LogP contribution < -0.4 is 10.9 Å².